The minimum absolute atomic E-state index is 0.0219. The van der Waals surface area contributed by atoms with E-state index >= 15 is 0 Å². The number of carbonyl (C=O) groups is 1. The number of ether oxygens (including phenoxy) is 1. The number of hydrogen-bond acceptors (Lipinski definition) is 6. The Bertz CT molecular complexity index is 1110. The SMILES string of the molecule is O=C([C@H]1CCc2cc(Cl)cc(-c3ccnc4cc(CO)sc34)c2O1)N1CCNCC1. The highest BCUT2D eigenvalue weighted by molar-refractivity contribution is 7.19. The fraction of sp³-hybridized carbons (Fsp3) is 0.364. The summed E-state index contributed by atoms with van der Waals surface area (Å²) < 4.78 is 7.31. The summed E-state index contributed by atoms with van der Waals surface area (Å²) in [6.45, 7) is 3.03. The Labute approximate surface area is 183 Å². The van der Waals surface area contributed by atoms with E-state index in [1.54, 1.807) is 6.20 Å². The number of nitrogens with zero attached hydrogens (tertiary/aromatic N) is 2. The molecular formula is C22H22ClN3O3S. The molecule has 3 aromatic rings. The number of aliphatic hydroxyl groups excluding tert-OH is 1. The van der Waals surface area contributed by atoms with Crippen molar-refractivity contribution in [2.75, 3.05) is 26.2 Å². The van der Waals surface area contributed by atoms with Crippen LogP contribution in [-0.2, 0) is 17.8 Å². The number of fused-ring (bicyclic) bond motifs is 2. The van der Waals surface area contributed by atoms with E-state index in [4.69, 9.17) is 16.3 Å². The molecule has 2 aliphatic heterocycles. The average Bonchev–Trinajstić information content (AvgIpc) is 3.22. The van der Waals surface area contributed by atoms with Gasteiger partial charge in [-0.25, -0.2) is 0 Å². The number of aryl methyl sites for hydroxylation is 1. The first-order chi connectivity index (χ1) is 14.6. The number of piperazine rings is 1. The number of carbonyl (C=O) groups excluding carboxylic acids is 1. The molecule has 6 nitrogen and oxygen atoms in total. The Morgan fingerprint density at radius 1 is 1.30 bits per heavy atom. The third kappa shape index (κ3) is 3.56. The van der Waals surface area contributed by atoms with Gasteiger partial charge in [-0.15, -0.1) is 11.3 Å². The van der Waals surface area contributed by atoms with Crippen molar-refractivity contribution in [3.05, 3.63) is 45.9 Å². The summed E-state index contributed by atoms with van der Waals surface area (Å²) >= 11 is 7.96. The molecule has 2 aliphatic rings. The number of amides is 1. The minimum Gasteiger partial charge on any atom is -0.480 e. The zero-order valence-electron chi connectivity index (χ0n) is 16.4. The van der Waals surface area contributed by atoms with Crippen molar-refractivity contribution in [2.45, 2.75) is 25.6 Å². The van der Waals surface area contributed by atoms with E-state index < -0.39 is 6.10 Å². The van der Waals surface area contributed by atoms with Crippen LogP contribution in [0.3, 0.4) is 0 Å². The molecular weight excluding hydrogens is 422 g/mol. The van der Waals surface area contributed by atoms with Gasteiger partial charge < -0.3 is 20.1 Å². The average molecular weight is 444 g/mol. The van der Waals surface area contributed by atoms with Gasteiger partial charge in [-0.05, 0) is 42.7 Å². The van der Waals surface area contributed by atoms with Crippen molar-refractivity contribution >= 4 is 39.1 Å². The lowest BCUT2D eigenvalue weighted by molar-refractivity contribution is -0.140. The van der Waals surface area contributed by atoms with Crippen molar-refractivity contribution in [1.29, 1.82) is 0 Å². The molecule has 1 saturated heterocycles. The van der Waals surface area contributed by atoms with Crippen molar-refractivity contribution < 1.29 is 14.6 Å². The van der Waals surface area contributed by atoms with Crippen LogP contribution >= 0.6 is 22.9 Å². The summed E-state index contributed by atoms with van der Waals surface area (Å²) in [5, 5.41) is 13.5. The molecule has 5 rings (SSSR count). The Balaban J connectivity index is 1.55. The topological polar surface area (TPSA) is 74.7 Å². The molecule has 0 aliphatic carbocycles. The second-order valence-electron chi connectivity index (χ2n) is 7.61. The van der Waals surface area contributed by atoms with Gasteiger partial charge in [0.1, 0.15) is 5.75 Å². The van der Waals surface area contributed by atoms with Gasteiger partial charge in [0.2, 0.25) is 0 Å². The second-order valence-corrected chi connectivity index (χ2v) is 9.18. The zero-order chi connectivity index (χ0) is 20.7. The number of halogens is 1. The van der Waals surface area contributed by atoms with E-state index in [9.17, 15) is 9.90 Å². The summed E-state index contributed by atoms with van der Waals surface area (Å²) in [5.74, 6) is 0.784. The van der Waals surface area contributed by atoms with Crippen LogP contribution in [0, 0.1) is 0 Å². The van der Waals surface area contributed by atoms with Gasteiger partial charge in [0, 0.05) is 53.4 Å². The molecule has 8 heteroatoms. The highest BCUT2D eigenvalue weighted by Crippen LogP contribution is 2.44. The molecule has 0 saturated carbocycles. The molecule has 4 heterocycles. The quantitative estimate of drug-likeness (QED) is 0.650. The molecule has 2 aromatic heterocycles. The van der Waals surface area contributed by atoms with E-state index in [0.717, 1.165) is 57.0 Å². The zero-order valence-corrected chi connectivity index (χ0v) is 17.9. The van der Waals surface area contributed by atoms with E-state index in [0.29, 0.717) is 24.5 Å². The molecule has 2 N–H and O–H groups in total. The highest BCUT2D eigenvalue weighted by atomic mass is 35.5. The van der Waals surface area contributed by atoms with Crippen LogP contribution in [0.4, 0.5) is 0 Å². The van der Waals surface area contributed by atoms with Gasteiger partial charge in [0.25, 0.3) is 5.91 Å². The van der Waals surface area contributed by atoms with Crippen LogP contribution in [0.25, 0.3) is 21.3 Å². The molecule has 0 spiro atoms. The van der Waals surface area contributed by atoms with Crippen molar-refractivity contribution in [3.8, 4) is 16.9 Å². The molecule has 156 valence electrons. The van der Waals surface area contributed by atoms with Crippen LogP contribution in [0.1, 0.15) is 16.9 Å². The van der Waals surface area contributed by atoms with E-state index in [-0.39, 0.29) is 12.5 Å². The number of rotatable bonds is 3. The van der Waals surface area contributed by atoms with E-state index in [1.165, 1.54) is 11.3 Å². The Kier molecular flexibility index (Phi) is 5.37. The Hall–Kier alpha value is -2.19. The Morgan fingerprint density at radius 3 is 2.93 bits per heavy atom. The molecule has 0 bridgehead atoms. The Morgan fingerprint density at radius 2 is 2.13 bits per heavy atom. The predicted molar refractivity (Wildman–Crippen MR) is 118 cm³/mol. The van der Waals surface area contributed by atoms with Crippen LogP contribution < -0.4 is 10.1 Å². The van der Waals surface area contributed by atoms with Crippen LogP contribution in [0.15, 0.2) is 30.5 Å². The minimum atomic E-state index is -0.482. The fourth-order valence-electron chi connectivity index (χ4n) is 4.20. The normalized spacial score (nSPS) is 18.9. The smallest absolute Gasteiger partial charge is 0.263 e. The van der Waals surface area contributed by atoms with E-state index in [1.807, 2.05) is 29.2 Å². The lowest BCUT2D eigenvalue weighted by Crippen LogP contribution is -2.51. The summed E-state index contributed by atoms with van der Waals surface area (Å²) in [5.41, 5.74) is 3.68. The van der Waals surface area contributed by atoms with E-state index in [2.05, 4.69) is 10.3 Å². The van der Waals surface area contributed by atoms with Gasteiger partial charge in [-0.3, -0.25) is 9.78 Å². The molecule has 0 radical (unpaired) electrons. The molecule has 1 fully saturated rings. The maximum Gasteiger partial charge on any atom is 0.263 e. The van der Waals surface area contributed by atoms with Crippen molar-refractivity contribution in [3.63, 3.8) is 0 Å². The molecule has 0 unspecified atom stereocenters. The first-order valence-corrected chi connectivity index (χ1v) is 11.3. The summed E-state index contributed by atoms with van der Waals surface area (Å²) in [7, 11) is 0. The van der Waals surface area contributed by atoms with Gasteiger partial charge in [0.15, 0.2) is 6.10 Å². The number of benzene rings is 1. The number of aliphatic hydroxyl groups is 1. The van der Waals surface area contributed by atoms with Crippen molar-refractivity contribution in [2.24, 2.45) is 0 Å². The van der Waals surface area contributed by atoms with Gasteiger partial charge in [-0.2, -0.15) is 0 Å². The molecule has 1 atom stereocenters. The third-order valence-electron chi connectivity index (χ3n) is 5.68. The lowest BCUT2D eigenvalue weighted by atomic mass is 9.95. The van der Waals surface area contributed by atoms with Crippen LogP contribution in [0.5, 0.6) is 5.75 Å². The molecule has 30 heavy (non-hydrogen) atoms. The number of thiophene rings is 1. The first-order valence-electron chi connectivity index (χ1n) is 10.1. The fourth-order valence-corrected chi connectivity index (χ4v) is 5.45. The first kappa shape index (κ1) is 19.8. The van der Waals surface area contributed by atoms with Crippen LogP contribution in [-0.4, -0.2) is 53.2 Å². The molecule has 1 aromatic carbocycles. The molecule has 1 amide bonds. The van der Waals surface area contributed by atoms with Gasteiger partial charge >= 0.3 is 0 Å². The summed E-state index contributed by atoms with van der Waals surface area (Å²) in [4.78, 5) is 20.2. The highest BCUT2D eigenvalue weighted by Gasteiger charge is 2.32. The van der Waals surface area contributed by atoms with Crippen LogP contribution in [0.2, 0.25) is 5.02 Å². The maximum absolute atomic E-state index is 13.0. The van der Waals surface area contributed by atoms with Crippen molar-refractivity contribution in [1.82, 2.24) is 15.2 Å². The maximum atomic E-state index is 13.0. The standard InChI is InChI=1S/C22H22ClN3O3S/c23-14-9-13-1-2-19(22(28)26-7-5-24-6-8-26)29-20(13)17(10-14)16-3-4-25-18-11-15(12-27)30-21(16)18/h3-4,9-11,19,24,27H,1-2,5-8,12H2/t19-/m1/s1. The third-order valence-corrected chi connectivity index (χ3v) is 7.04. The predicted octanol–water partition coefficient (Wildman–Crippen LogP) is 3.23. The number of hydrogen-bond donors (Lipinski definition) is 2. The summed E-state index contributed by atoms with van der Waals surface area (Å²) in [6.07, 6.45) is 2.66. The van der Waals surface area contributed by atoms with Gasteiger partial charge in [-0.1, -0.05) is 11.6 Å². The number of nitrogens with one attached hydrogen (secondary N) is 1. The largest absolute Gasteiger partial charge is 0.480 e. The number of aromatic nitrogens is 1. The lowest BCUT2D eigenvalue weighted by Gasteiger charge is -2.34. The number of pyridine rings is 1. The summed E-state index contributed by atoms with van der Waals surface area (Å²) in [6, 6.07) is 7.66. The second kappa shape index (κ2) is 8.15. The monoisotopic (exact) mass is 443 g/mol. The van der Waals surface area contributed by atoms with Gasteiger partial charge in [0.05, 0.1) is 16.8 Å².